The number of hydrogen-bond acceptors (Lipinski definition) is 4. The summed E-state index contributed by atoms with van der Waals surface area (Å²) in [4.78, 5) is 46.2. The second-order valence-corrected chi connectivity index (χ2v) is 10.2. The van der Waals surface area contributed by atoms with Crippen LogP contribution in [0.1, 0.15) is 32.8 Å². The number of amides is 2. The van der Waals surface area contributed by atoms with E-state index in [-0.39, 0.29) is 35.7 Å². The van der Waals surface area contributed by atoms with Crippen LogP contribution in [0.5, 0.6) is 0 Å². The molecule has 0 fully saturated rings. The number of halogens is 1. The van der Waals surface area contributed by atoms with Crippen molar-refractivity contribution in [1.82, 2.24) is 4.90 Å². The Morgan fingerprint density at radius 2 is 1.38 bits per heavy atom. The Morgan fingerprint density at radius 3 is 2.18 bits per heavy atom. The highest BCUT2D eigenvalue weighted by molar-refractivity contribution is 6.30. The molecule has 1 atom stereocenters. The van der Waals surface area contributed by atoms with Crippen molar-refractivity contribution < 1.29 is 14.0 Å². The van der Waals surface area contributed by atoms with Gasteiger partial charge >= 0.3 is 0 Å². The summed E-state index contributed by atoms with van der Waals surface area (Å²) >= 11 is 6.10. The monoisotopic (exact) mass is 532 g/mol. The molecule has 2 aliphatic heterocycles. The Hall–Kier alpha value is -4.68. The molecule has 0 saturated carbocycles. The lowest BCUT2D eigenvalue weighted by Gasteiger charge is -2.34. The molecule has 0 bridgehead atoms. The molecule has 1 unspecified atom stereocenters. The van der Waals surface area contributed by atoms with Crippen LogP contribution in [0.25, 0.3) is 11.0 Å². The molecule has 1 spiro atoms. The molecule has 0 aliphatic carbocycles. The highest BCUT2D eigenvalue weighted by Crippen LogP contribution is 2.53. The average Bonchev–Trinajstić information content (AvgIpc) is 3.35. The van der Waals surface area contributed by atoms with E-state index in [0.29, 0.717) is 27.2 Å². The Morgan fingerprint density at radius 1 is 0.718 bits per heavy atom. The van der Waals surface area contributed by atoms with Gasteiger partial charge in [-0.25, -0.2) is 0 Å². The van der Waals surface area contributed by atoms with E-state index in [4.69, 9.17) is 16.0 Å². The summed E-state index contributed by atoms with van der Waals surface area (Å²) in [5, 5.41) is 0.920. The van der Waals surface area contributed by atoms with Crippen LogP contribution < -0.4 is 10.3 Å². The van der Waals surface area contributed by atoms with Gasteiger partial charge in [0.25, 0.3) is 11.8 Å². The standard InChI is InChI=1S/C32H21ClN2O4/c33-22-16-14-21(15-17-22)18-34-25-12-6-5-11-24(25)32(31(34)38)27-28(36)23-10-4-7-13-26(23)39-29(27)30(37)35(32)19-20-8-2-1-3-9-20/h1-17H,18-19H2. The van der Waals surface area contributed by atoms with Gasteiger partial charge in [0.15, 0.2) is 11.0 Å². The Balaban J connectivity index is 1.51. The predicted molar refractivity (Wildman–Crippen MR) is 149 cm³/mol. The van der Waals surface area contributed by atoms with Gasteiger partial charge in [-0.05, 0) is 41.5 Å². The third-order valence-electron chi connectivity index (χ3n) is 7.58. The van der Waals surface area contributed by atoms with Crippen molar-refractivity contribution in [2.24, 2.45) is 0 Å². The quantitative estimate of drug-likeness (QED) is 0.289. The molecule has 2 aliphatic rings. The van der Waals surface area contributed by atoms with Gasteiger partial charge in [0, 0.05) is 17.1 Å². The molecule has 4 aromatic carbocycles. The molecule has 3 heterocycles. The summed E-state index contributed by atoms with van der Waals surface area (Å²) in [6.07, 6.45) is 0. The number of hydrogen-bond donors (Lipinski definition) is 0. The van der Waals surface area contributed by atoms with Gasteiger partial charge in [-0.3, -0.25) is 14.4 Å². The van der Waals surface area contributed by atoms with Crippen LogP contribution in [-0.4, -0.2) is 16.7 Å². The van der Waals surface area contributed by atoms with Crippen molar-refractivity contribution in [3.05, 3.63) is 146 Å². The molecule has 0 saturated heterocycles. The van der Waals surface area contributed by atoms with Crippen molar-refractivity contribution in [2.45, 2.75) is 18.6 Å². The number of para-hydroxylation sites is 2. The normalized spacial score (nSPS) is 17.8. The maximum Gasteiger partial charge on any atom is 0.291 e. The molecule has 1 aromatic heterocycles. The largest absolute Gasteiger partial charge is 0.450 e. The molecule has 5 aromatic rings. The van der Waals surface area contributed by atoms with Gasteiger partial charge in [-0.2, -0.15) is 0 Å². The molecule has 2 amide bonds. The molecule has 6 nitrogen and oxygen atoms in total. The summed E-state index contributed by atoms with van der Waals surface area (Å²) < 4.78 is 6.11. The van der Waals surface area contributed by atoms with Gasteiger partial charge in [-0.1, -0.05) is 84.4 Å². The minimum atomic E-state index is -1.67. The van der Waals surface area contributed by atoms with Crippen LogP contribution in [0, 0.1) is 0 Å². The van der Waals surface area contributed by atoms with E-state index in [1.54, 1.807) is 41.3 Å². The third kappa shape index (κ3) is 3.31. The number of carbonyl (C=O) groups excluding carboxylic acids is 2. The van der Waals surface area contributed by atoms with Gasteiger partial charge in [0.05, 0.1) is 23.2 Å². The molecular weight excluding hydrogens is 512 g/mol. The van der Waals surface area contributed by atoms with Crippen molar-refractivity contribution >= 4 is 40.1 Å². The first-order chi connectivity index (χ1) is 19.0. The van der Waals surface area contributed by atoms with Crippen LogP contribution in [0.15, 0.2) is 112 Å². The molecule has 7 rings (SSSR count). The maximum atomic E-state index is 14.8. The molecule has 0 N–H and O–H groups in total. The highest BCUT2D eigenvalue weighted by Gasteiger charge is 2.64. The van der Waals surface area contributed by atoms with Gasteiger partial charge in [0.1, 0.15) is 5.58 Å². The fraction of sp³-hybridized carbons (Fsp3) is 0.0938. The number of nitrogens with zero attached hydrogens (tertiary/aromatic N) is 2. The number of fused-ring (bicyclic) bond motifs is 5. The van der Waals surface area contributed by atoms with Crippen molar-refractivity contribution in [3.63, 3.8) is 0 Å². The minimum Gasteiger partial charge on any atom is -0.450 e. The van der Waals surface area contributed by atoms with Crippen LogP contribution in [0.4, 0.5) is 5.69 Å². The SMILES string of the molecule is O=C1c2oc3ccccc3c(=O)c2C2(C(=O)N(Cc3ccc(Cl)cc3)c3ccccc32)N1Cc1ccccc1. The molecule has 39 heavy (non-hydrogen) atoms. The first-order valence-corrected chi connectivity index (χ1v) is 13.0. The summed E-state index contributed by atoms with van der Waals surface area (Å²) in [7, 11) is 0. The van der Waals surface area contributed by atoms with E-state index in [9.17, 15) is 14.4 Å². The van der Waals surface area contributed by atoms with E-state index >= 15 is 0 Å². The smallest absolute Gasteiger partial charge is 0.291 e. The second kappa shape index (κ2) is 8.68. The number of rotatable bonds is 4. The predicted octanol–water partition coefficient (Wildman–Crippen LogP) is 5.89. The summed E-state index contributed by atoms with van der Waals surface area (Å²) in [6.45, 7) is 0.366. The average molecular weight is 533 g/mol. The topological polar surface area (TPSA) is 70.8 Å². The van der Waals surface area contributed by atoms with Crippen LogP contribution in [-0.2, 0) is 23.4 Å². The number of benzene rings is 4. The first-order valence-electron chi connectivity index (χ1n) is 12.6. The fourth-order valence-corrected chi connectivity index (χ4v) is 5.98. The lowest BCUT2D eigenvalue weighted by Crippen LogP contribution is -2.52. The lowest BCUT2D eigenvalue weighted by molar-refractivity contribution is -0.126. The second-order valence-electron chi connectivity index (χ2n) is 9.75. The van der Waals surface area contributed by atoms with E-state index in [1.807, 2.05) is 66.7 Å². The Labute approximate surface area is 228 Å². The van der Waals surface area contributed by atoms with Gasteiger partial charge < -0.3 is 14.2 Å². The van der Waals surface area contributed by atoms with E-state index in [1.165, 1.54) is 4.90 Å². The fourth-order valence-electron chi connectivity index (χ4n) is 5.85. The minimum absolute atomic E-state index is 0.0678. The molecular formula is C32H21ClN2O4. The third-order valence-corrected chi connectivity index (χ3v) is 7.83. The molecule has 7 heteroatoms. The van der Waals surface area contributed by atoms with Crippen LogP contribution in [0.2, 0.25) is 5.02 Å². The lowest BCUT2D eigenvalue weighted by atomic mass is 9.83. The summed E-state index contributed by atoms with van der Waals surface area (Å²) in [6, 6.07) is 30.9. The summed E-state index contributed by atoms with van der Waals surface area (Å²) in [5.41, 5.74) is 1.24. The molecule has 0 radical (unpaired) electrons. The van der Waals surface area contributed by atoms with Crippen LogP contribution >= 0.6 is 11.6 Å². The zero-order chi connectivity index (χ0) is 26.7. The van der Waals surface area contributed by atoms with E-state index < -0.39 is 11.4 Å². The van der Waals surface area contributed by atoms with Gasteiger partial charge in [-0.15, -0.1) is 0 Å². The van der Waals surface area contributed by atoms with E-state index in [2.05, 4.69) is 0 Å². The number of anilines is 1. The van der Waals surface area contributed by atoms with Crippen molar-refractivity contribution in [2.75, 3.05) is 4.90 Å². The van der Waals surface area contributed by atoms with Gasteiger partial charge in [0.2, 0.25) is 5.76 Å². The number of carbonyl (C=O) groups is 2. The van der Waals surface area contributed by atoms with Crippen molar-refractivity contribution in [3.8, 4) is 0 Å². The zero-order valence-corrected chi connectivity index (χ0v) is 21.4. The Bertz CT molecular complexity index is 1850. The maximum absolute atomic E-state index is 14.8. The van der Waals surface area contributed by atoms with Crippen LogP contribution in [0.3, 0.4) is 0 Å². The molecule has 190 valence electrons. The Kier molecular flexibility index (Phi) is 5.22. The van der Waals surface area contributed by atoms with Crippen molar-refractivity contribution in [1.29, 1.82) is 0 Å². The first kappa shape index (κ1) is 23.4. The highest BCUT2D eigenvalue weighted by atomic mass is 35.5. The summed E-state index contributed by atoms with van der Waals surface area (Å²) in [5.74, 6) is -0.955. The van der Waals surface area contributed by atoms with E-state index in [0.717, 1.165) is 11.1 Å². The zero-order valence-electron chi connectivity index (χ0n) is 20.6.